The molecule has 3 N–H and O–H groups in total. The lowest BCUT2D eigenvalue weighted by Gasteiger charge is -2.14. The molecule has 2 rings (SSSR count). The molecule has 2 unspecified atom stereocenters. The molecule has 0 aromatic carbocycles. The first kappa shape index (κ1) is 11.3. The Morgan fingerprint density at radius 3 is 3.06 bits per heavy atom. The van der Waals surface area contributed by atoms with Crippen LogP contribution in [0.4, 0.5) is 0 Å². The first-order valence-electron chi connectivity index (χ1n) is 5.34. The number of hydrogen-bond donors (Lipinski definition) is 3. The van der Waals surface area contributed by atoms with Crippen LogP contribution in [0.2, 0.25) is 0 Å². The second kappa shape index (κ2) is 4.80. The number of nitrogens with one attached hydrogen (secondary N) is 3. The van der Waals surface area contributed by atoms with Crippen LogP contribution >= 0.6 is 11.3 Å². The summed E-state index contributed by atoms with van der Waals surface area (Å²) in [6.45, 7) is 3.32. The Kier molecular flexibility index (Phi) is 3.40. The summed E-state index contributed by atoms with van der Waals surface area (Å²) in [4.78, 5) is 25.3. The molecule has 6 heteroatoms. The normalized spacial score (nSPS) is 24.6. The number of aromatic amines is 1. The largest absolute Gasteiger partial charge is 0.350 e. The monoisotopic (exact) mass is 241 g/mol. The fraction of sp³-hybridized carbons (Fsp3) is 0.600. The predicted molar refractivity (Wildman–Crippen MR) is 62.4 cm³/mol. The average Bonchev–Trinajstić information content (AvgIpc) is 2.84. The molecular weight excluding hydrogens is 226 g/mol. The van der Waals surface area contributed by atoms with Crippen molar-refractivity contribution in [3.8, 4) is 0 Å². The molecule has 16 heavy (non-hydrogen) atoms. The Bertz CT molecular complexity index is 426. The number of amides is 1. The predicted octanol–water partition coefficient (Wildman–Crippen LogP) is 0.0506. The smallest absolute Gasteiger partial charge is 0.304 e. The third-order valence-corrected chi connectivity index (χ3v) is 3.60. The minimum Gasteiger partial charge on any atom is -0.350 e. The molecule has 1 aromatic rings. The third kappa shape index (κ3) is 2.51. The fourth-order valence-corrected chi connectivity index (χ4v) is 2.51. The van der Waals surface area contributed by atoms with E-state index in [9.17, 15) is 9.59 Å². The lowest BCUT2D eigenvalue weighted by atomic mass is 10.0. The second-order valence-corrected chi connectivity index (χ2v) is 4.87. The molecule has 0 saturated carbocycles. The van der Waals surface area contributed by atoms with Crippen LogP contribution in [0.15, 0.2) is 10.2 Å². The first-order chi connectivity index (χ1) is 7.66. The van der Waals surface area contributed by atoms with Crippen molar-refractivity contribution in [2.75, 3.05) is 6.54 Å². The van der Waals surface area contributed by atoms with E-state index in [1.165, 1.54) is 0 Å². The molecule has 1 aliphatic rings. The molecule has 88 valence electrons. The van der Waals surface area contributed by atoms with Gasteiger partial charge in [0, 0.05) is 17.1 Å². The lowest BCUT2D eigenvalue weighted by molar-refractivity contribution is -0.125. The summed E-state index contributed by atoms with van der Waals surface area (Å²) in [6.07, 6.45) is 0.882. The number of carbonyl (C=O) groups excluding carboxylic acids is 1. The van der Waals surface area contributed by atoms with Crippen LogP contribution in [0.3, 0.4) is 0 Å². The quantitative estimate of drug-likeness (QED) is 0.700. The highest BCUT2D eigenvalue weighted by atomic mass is 32.1. The summed E-state index contributed by atoms with van der Waals surface area (Å²) in [5.41, 5.74) is 0.766. The van der Waals surface area contributed by atoms with Crippen molar-refractivity contribution in [3.63, 3.8) is 0 Å². The second-order valence-electron chi connectivity index (χ2n) is 4.03. The van der Waals surface area contributed by atoms with Crippen molar-refractivity contribution in [3.05, 3.63) is 20.7 Å². The van der Waals surface area contributed by atoms with Gasteiger partial charge in [0.25, 0.3) is 0 Å². The lowest BCUT2D eigenvalue weighted by Crippen LogP contribution is -2.36. The Labute approximate surface area is 97.3 Å². The first-order valence-corrected chi connectivity index (χ1v) is 6.22. The summed E-state index contributed by atoms with van der Waals surface area (Å²) in [5, 5.41) is 7.81. The van der Waals surface area contributed by atoms with Gasteiger partial charge >= 0.3 is 4.87 Å². The molecule has 0 bridgehead atoms. The van der Waals surface area contributed by atoms with Crippen LogP contribution in [0.5, 0.6) is 0 Å². The van der Waals surface area contributed by atoms with E-state index in [-0.39, 0.29) is 22.7 Å². The summed E-state index contributed by atoms with van der Waals surface area (Å²) in [6, 6.07) is 0.238. The SMILES string of the molecule is CC1NCCC1C(=O)NCc1csc(=O)[nH]1. The van der Waals surface area contributed by atoms with Crippen LogP contribution in [0.25, 0.3) is 0 Å². The van der Waals surface area contributed by atoms with Crippen LogP contribution in [0, 0.1) is 5.92 Å². The van der Waals surface area contributed by atoms with Crippen molar-refractivity contribution in [1.82, 2.24) is 15.6 Å². The molecule has 0 aliphatic carbocycles. The van der Waals surface area contributed by atoms with Gasteiger partial charge in [0.05, 0.1) is 12.5 Å². The van der Waals surface area contributed by atoms with Gasteiger partial charge in [0.1, 0.15) is 0 Å². The van der Waals surface area contributed by atoms with E-state index in [0.29, 0.717) is 6.54 Å². The van der Waals surface area contributed by atoms with Gasteiger partial charge < -0.3 is 15.6 Å². The topological polar surface area (TPSA) is 74.0 Å². The molecule has 1 saturated heterocycles. The summed E-state index contributed by atoms with van der Waals surface area (Å²) >= 11 is 1.11. The zero-order valence-electron chi connectivity index (χ0n) is 9.08. The molecule has 0 spiro atoms. The average molecular weight is 241 g/mol. The highest BCUT2D eigenvalue weighted by Crippen LogP contribution is 2.15. The van der Waals surface area contributed by atoms with Gasteiger partial charge in [0.2, 0.25) is 5.91 Å². The molecule has 2 heterocycles. The zero-order valence-corrected chi connectivity index (χ0v) is 9.89. The van der Waals surface area contributed by atoms with Crippen LogP contribution < -0.4 is 15.5 Å². The number of rotatable bonds is 3. The number of aromatic nitrogens is 1. The van der Waals surface area contributed by atoms with Gasteiger partial charge in [-0.05, 0) is 19.9 Å². The number of H-pyrrole nitrogens is 1. The number of hydrogen-bond acceptors (Lipinski definition) is 4. The minimum atomic E-state index is -0.0832. The molecular formula is C10H15N3O2S. The summed E-state index contributed by atoms with van der Waals surface area (Å²) in [7, 11) is 0. The van der Waals surface area contributed by atoms with Crippen molar-refractivity contribution in [2.45, 2.75) is 25.9 Å². The van der Waals surface area contributed by atoms with Gasteiger partial charge in [-0.25, -0.2) is 0 Å². The van der Waals surface area contributed by atoms with E-state index in [4.69, 9.17) is 0 Å². The summed E-state index contributed by atoms with van der Waals surface area (Å²) < 4.78 is 0. The van der Waals surface area contributed by atoms with E-state index < -0.39 is 0 Å². The van der Waals surface area contributed by atoms with E-state index >= 15 is 0 Å². The highest BCUT2D eigenvalue weighted by Gasteiger charge is 2.28. The van der Waals surface area contributed by atoms with E-state index in [2.05, 4.69) is 15.6 Å². The Morgan fingerprint density at radius 1 is 1.69 bits per heavy atom. The van der Waals surface area contributed by atoms with E-state index in [0.717, 1.165) is 30.0 Å². The third-order valence-electron chi connectivity index (χ3n) is 2.89. The molecule has 5 nitrogen and oxygen atoms in total. The van der Waals surface area contributed by atoms with Gasteiger partial charge in [-0.15, -0.1) is 0 Å². The molecule has 2 atom stereocenters. The van der Waals surface area contributed by atoms with Crippen LogP contribution in [-0.4, -0.2) is 23.5 Å². The van der Waals surface area contributed by atoms with Gasteiger partial charge in [-0.2, -0.15) is 0 Å². The van der Waals surface area contributed by atoms with Crippen LogP contribution in [-0.2, 0) is 11.3 Å². The Hall–Kier alpha value is -1.14. The minimum absolute atomic E-state index is 0.0466. The molecule has 1 amide bonds. The van der Waals surface area contributed by atoms with Crippen molar-refractivity contribution in [1.29, 1.82) is 0 Å². The zero-order chi connectivity index (χ0) is 11.5. The van der Waals surface area contributed by atoms with Gasteiger partial charge in [-0.1, -0.05) is 11.3 Å². The summed E-state index contributed by atoms with van der Waals surface area (Å²) in [5.74, 6) is 0.106. The fourth-order valence-electron chi connectivity index (χ4n) is 1.93. The van der Waals surface area contributed by atoms with E-state index in [1.54, 1.807) is 5.38 Å². The van der Waals surface area contributed by atoms with E-state index in [1.807, 2.05) is 6.92 Å². The Balaban J connectivity index is 1.86. The molecule has 1 aliphatic heterocycles. The van der Waals surface area contributed by atoms with Crippen LogP contribution in [0.1, 0.15) is 19.0 Å². The Morgan fingerprint density at radius 2 is 2.50 bits per heavy atom. The maximum absolute atomic E-state index is 11.8. The van der Waals surface area contributed by atoms with Crippen molar-refractivity contribution in [2.24, 2.45) is 5.92 Å². The number of carbonyl (C=O) groups is 1. The molecule has 0 radical (unpaired) electrons. The van der Waals surface area contributed by atoms with Crippen molar-refractivity contribution >= 4 is 17.2 Å². The van der Waals surface area contributed by atoms with Gasteiger partial charge in [-0.3, -0.25) is 9.59 Å². The van der Waals surface area contributed by atoms with Crippen molar-refractivity contribution < 1.29 is 4.79 Å². The highest BCUT2D eigenvalue weighted by molar-refractivity contribution is 7.07. The number of thiazole rings is 1. The van der Waals surface area contributed by atoms with Gasteiger partial charge in [0.15, 0.2) is 0 Å². The maximum atomic E-state index is 11.8. The standard InChI is InChI=1S/C10H15N3O2S/c1-6-8(2-3-11-6)9(14)12-4-7-5-16-10(15)13-7/h5-6,8,11H,2-4H2,1H3,(H,12,14)(H,13,15). The molecule has 1 fully saturated rings. The maximum Gasteiger partial charge on any atom is 0.304 e. The molecule has 1 aromatic heterocycles.